The van der Waals surface area contributed by atoms with E-state index in [1.165, 1.54) is 72.2 Å². The van der Waals surface area contributed by atoms with Crippen molar-refractivity contribution in [1.82, 2.24) is 19.1 Å². The van der Waals surface area contributed by atoms with Crippen molar-refractivity contribution < 1.29 is 0 Å². The van der Waals surface area contributed by atoms with Gasteiger partial charge in [0.1, 0.15) is 12.7 Å². The Balaban J connectivity index is 1.34. The monoisotopic (exact) mass is 546 g/mol. The third-order valence-corrected chi connectivity index (χ3v) is 9.23. The van der Waals surface area contributed by atoms with Crippen molar-refractivity contribution in [3.8, 4) is 44.8 Å². The van der Waals surface area contributed by atoms with Gasteiger partial charge in [-0.3, -0.25) is 9.13 Å². The second-order valence-corrected chi connectivity index (χ2v) is 11.6. The summed E-state index contributed by atoms with van der Waals surface area (Å²) in [5.74, 6) is 0. The van der Waals surface area contributed by atoms with Crippen molar-refractivity contribution in [2.45, 2.75) is 0 Å². The summed E-state index contributed by atoms with van der Waals surface area (Å²) in [6.07, 6.45) is 4.01. The fourth-order valence-corrected chi connectivity index (χ4v) is 7.35. The van der Waals surface area contributed by atoms with Gasteiger partial charge in [-0.05, 0) is 74.0 Å². The Bertz CT molecular complexity index is 2240. The minimum atomic E-state index is 0.0422. The third-order valence-electron chi connectivity index (χ3n) is 9.23. The van der Waals surface area contributed by atoms with Crippen LogP contribution in [0.4, 0.5) is 0 Å². The van der Waals surface area contributed by atoms with Crippen LogP contribution in [0.5, 0.6) is 0 Å². The molecule has 0 spiro atoms. The van der Waals surface area contributed by atoms with Crippen LogP contribution < -0.4 is 16.4 Å². The molecule has 4 nitrogen and oxygen atoms in total. The number of aromatic nitrogens is 4. The Hall–Kier alpha value is -5.68. The molecule has 0 fully saturated rings. The van der Waals surface area contributed by atoms with Crippen LogP contribution in [0.3, 0.4) is 0 Å². The van der Waals surface area contributed by atoms with E-state index in [-0.39, 0.29) is 6.71 Å². The third kappa shape index (κ3) is 3.16. The first-order chi connectivity index (χ1) is 21.3. The van der Waals surface area contributed by atoms with Gasteiger partial charge in [-0.15, -0.1) is 0 Å². The molecule has 198 valence electrons. The Morgan fingerprint density at radius 1 is 0.419 bits per heavy atom. The average Bonchev–Trinajstić information content (AvgIpc) is 3.71. The van der Waals surface area contributed by atoms with Crippen LogP contribution in [-0.2, 0) is 0 Å². The van der Waals surface area contributed by atoms with Crippen molar-refractivity contribution >= 4 is 45.2 Å². The summed E-state index contributed by atoms with van der Waals surface area (Å²) < 4.78 is 4.61. The number of nitrogens with zero attached hydrogens (tertiary/aromatic N) is 4. The highest BCUT2D eigenvalue weighted by Gasteiger charge is 2.40. The maximum absolute atomic E-state index is 4.99. The number of hydrogen-bond acceptors (Lipinski definition) is 2. The molecule has 2 aliphatic heterocycles. The summed E-state index contributed by atoms with van der Waals surface area (Å²) in [4.78, 5) is 9.98. The molecule has 5 heteroatoms. The van der Waals surface area contributed by atoms with Crippen LogP contribution >= 0.6 is 0 Å². The molecule has 0 unspecified atom stereocenters. The fourth-order valence-electron chi connectivity index (χ4n) is 7.35. The summed E-state index contributed by atoms with van der Waals surface area (Å²) in [7, 11) is 0. The minimum Gasteiger partial charge on any atom is -0.300 e. The van der Waals surface area contributed by atoms with Crippen molar-refractivity contribution in [1.29, 1.82) is 0 Å². The fraction of sp³-hybridized carbons (Fsp3) is 0. The number of benzene rings is 6. The van der Waals surface area contributed by atoms with E-state index in [9.17, 15) is 0 Å². The Labute approximate surface area is 248 Å². The summed E-state index contributed by atoms with van der Waals surface area (Å²) in [5, 5.41) is 0. The molecule has 0 bridgehead atoms. The normalized spacial score (nSPS) is 12.6. The van der Waals surface area contributed by atoms with Gasteiger partial charge in [0.25, 0.3) is 6.71 Å². The molecule has 0 radical (unpaired) electrons. The predicted molar refractivity (Wildman–Crippen MR) is 177 cm³/mol. The summed E-state index contributed by atoms with van der Waals surface area (Å²) >= 11 is 0. The molecule has 0 saturated carbocycles. The van der Waals surface area contributed by atoms with Crippen LogP contribution in [0.25, 0.3) is 66.8 Å². The Morgan fingerprint density at radius 3 is 1.23 bits per heavy atom. The lowest BCUT2D eigenvalue weighted by Crippen LogP contribution is -2.59. The summed E-state index contributed by atoms with van der Waals surface area (Å²) in [6, 6.07) is 45.9. The van der Waals surface area contributed by atoms with Crippen LogP contribution in [0.1, 0.15) is 0 Å². The molecule has 0 saturated heterocycles. The molecule has 2 aliphatic rings. The maximum Gasteiger partial charge on any atom is 0.252 e. The lowest BCUT2D eigenvalue weighted by molar-refractivity contribution is 1.06. The summed E-state index contributed by atoms with van der Waals surface area (Å²) in [6.45, 7) is 0.0422. The molecule has 0 atom stereocenters. The second-order valence-electron chi connectivity index (χ2n) is 11.6. The van der Waals surface area contributed by atoms with E-state index in [0.717, 1.165) is 11.0 Å². The lowest BCUT2D eigenvalue weighted by atomic mass is 9.34. The van der Waals surface area contributed by atoms with Crippen molar-refractivity contribution in [2.24, 2.45) is 0 Å². The number of fused-ring (bicyclic) bond motifs is 4. The van der Waals surface area contributed by atoms with Gasteiger partial charge < -0.3 is 0 Å². The number of imidazole rings is 2. The van der Waals surface area contributed by atoms with Gasteiger partial charge in [0.05, 0.1) is 22.1 Å². The molecular formula is C38H23BN4. The smallest absolute Gasteiger partial charge is 0.252 e. The first kappa shape index (κ1) is 22.9. The van der Waals surface area contributed by atoms with E-state index in [4.69, 9.17) is 9.97 Å². The standard InChI is InChI=1S/C38H23BN4/c1-4-10-24(11-5-1)27-16-30-37-32(18-27)40-22-42(37)34-20-29(26-14-8-3-9-15-26)21-35-36(34)39(30)31-17-28(25-12-6-2-7-13-25)19-33-38(31)43(35)23-41-33/h1-23H. The molecule has 10 rings (SSSR count). The van der Waals surface area contributed by atoms with Crippen molar-refractivity contribution in [3.05, 3.63) is 140 Å². The highest BCUT2D eigenvalue weighted by atomic mass is 15.1. The van der Waals surface area contributed by atoms with Gasteiger partial charge >= 0.3 is 0 Å². The maximum atomic E-state index is 4.99. The molecule has 0 amide bonds. The van der Waals surface area contributed by atoms with Crippen molar-refractivity contribution in [2.75, 3.05) is 0 Å². The zero-order chi connectivity index (χ0) is 28.1. The van der Waals surface area contributed by atoms with Crippen LogP contribution in [-0.4, -0.2) is 25.8 Å². The van der Waals surface area contributed by atoms with E-state index >= 15 is 0 Å². The van der Waals surface area contributed by atoms with Crippen LogP contribution in [0, 0.1) is 0 Å². The summed E-state index contributed by atoms with van der Waals surface area (Å²) in [5.41, 5.74) is 17.8. The lowest BCUT2D eigenvalue weighted by Gasteiger charge is -2.33. The Kier molecular flexibility index (Phi) is 4.50. The molecule has 4 heterocycles. The van der Waals surface area contributed by atoms with Crippen LogP contribution in [0.2, 0.25) is 0 Å². The quantitative estimate of drug-likeness (QED) is 0.237. The number of hydrogen-bond donors (Lipinski definition) is 0. The van der Waals surface area contributed by atoms with Crippen molar-refractivity contribution in [3.63, 3.8) is 0 Å². The average molecular weight is 546 g/mol. The molecule has 0 aliphatic carbocycles. The molecule has 2 aromatic heterocycles. The SMILES string of the molecule is c1ccc(-c2cc3c4c(c2)-n2cnc5cc(-c6ccccc6)cc(c52)B4c2cc(-c4ccccc4)cc4ncn-3c24)cc1. The topological polar surface area (TPSA) is 35.6 Å². The molecule has 8 aromatic rings. The minimum absolute atomic E-state index is 0.0422. The second kappa shape index (κ2) is 8.43. The van der Waals surface area contributed by atoms with Gasteiger partial charge in [-0.1, -0.05) is 103 Å². The highest BCUT2D eigenvalue weighted by molar-refractivity contribution is 7.00. The van der Waals surface area contributed by atoms with Gasteiger partial charge in [-0.2, -0.15) is 0 Å². The number of rotatable bonds is 3. The zero-order valence-corrected chi connectivity index (χ0v) is 23.1. The largest absolute Gasteiger partial charge is 0.300 e. The first-order valence-electron chi connectivity index (χ1n) is 14.7. The molecule has 0 N–H and O–H groups in total. The molecule has 43 heavy (non-hydrogen) atoms. The predicted octanol–water partition coefficient (Wildman–Crippen LogP) is 6.51. The van der Waals surface area contributed by atoms with Gasteiger partial charge in [0.15, 0.2) is 0 Å². The van der Waals surface area contributed by atoms with E-state index in [2.05, 4.69) is 137 Å². The van der Waals surface area contributed by atoms with Crippen LogP contribution in [0.15, 0.2) is 140 Å². The highest BCUT2D eigenvalue weighted by Crippen LogP contribution is 2.35. The van der Waals surface area contributed by atoms with Gasteiger partial charge in [-0.25, -0.2) is 9.97 Å². The zero-order valence-electron chi connectivity index (χ0n) is 23.1. The van der Waals surface area contributed by atoms with E-state index in [1.807, 2.05) is 12.7 Å². The Morgan fingerprint density at radius 2 is 0.814 bits per heavy atom. The molecule has 6 aromatic carbocycles. The molecular weight excluding hydrogens is 523 g/mol. The van der Waals surface area contributed by atoms with Gasteiger partial charge in [0, 0.05) is 11.4 Å². The first-order valence-corrected chi connectivity index (χ1v) is 14.7. The van der Waals surface area contributed by atoms with E-state index in [0.29, 0.717) is 0 Å². The van der Waals surface area contributed by atoms with E-state index in [1.54, 1.807) is 0 Å². The van der Waals surface area contributed by atoms with E-state index < -0.39 is 0 Å². The van der Waals surface area contributed by atoms with Gasteiger partial charge in [0.2, 0.25) is 0 Å².